The average molecular weight is 570 g/mol. The van der Waals surface area contributed by atoms with Crippen LogP contribution in [0.5, 0.6) is 0 Å². The van der Waals surface area contributed by atoms with E-state index in [1.807, 2.05) is 0 Å². The fourth-order valence-corrected chi connectivity index (χ4v) is 7.65. The quantitative estimate of drug-likeness (QED) is 0.135. The van der Waals surface area contributed by atoms with E-state index < -0.39 is 7.92 Å². The Bertz CT molecular complexity index is 1400. The molecule has 0 aliphatic rings. The molecule has 0 aliphatic carbocycles. The SMILES string of the molecule is CCCCc1ccc(N(c2ccc(C)cc2)c2ccc(P(c3ccc(C)cc3)c3ccc(CCCC)cc3)cc2)cc1. The highest BCUT2D eigenvalue weighted by atomic mass is 31.1. The van der Waals surface area contributed by atoms with Gasteiger partial charge in [0.15, 0.2) is 0 Å². The van der Waals surface area contributed by atoms with E-state index in [2.05, 4.69) is 154 Å². The predicted molar refractivity (Wildman–Crippen MR) is 187 cm³/mol. The van der Waals surface area contributed by atoms with Crippen molar-refractivity contribution in [1.29, 1.82) is 0 Å². The molecule has 0 radical (unpaired) electrons. The lowest BCUT2D eigenvalue weighted by Gasteiger charge is -2.27. The van der Waals surface area contributed by atoms with Crippen molar-refractivity contribution in [2.45, 2.75) is 66.2 Å². The highest BCUT2D eigenvalue weighted by Crippen LogP contribution is 2.37. The summed E-state index contributed by atoms with van der Waals surface area (Å²) < 4.78 is 0. The first-order valence-corrected chi connectivity index (χ1v) is 16.9. The van der Waals surface area contributed by atoms with Crippen molar-refractivity contribution < 1.29 is 0 Å². The van der Waals surface area contributed by atoms with Crippen LogP contribution in [0.2, 0.25) is 0 Å². The number of nitrogens with zero attached hydrogens (tertiary/aromatic N) is 1. The third-order valence-corrected chi connectivity index (χ3v) is 10.4. The van der Waals surface area contributed by atoms with Gasteiger partial charge in [-0.2, -0.15) is 0 Å². The monoisotopic (exact) mass is 569 g/mol. The zero-order chi connectivity index (χ0) is 29.3. The maximum absolute atomic E-state index is 2.38. The Hall–Kier alpha value is -3.67. The van der Waals surface area contributed by atoms with Gasteiger partial charge >= 0.3 is 0 Å². The number of anilines is 3. The molecule has 2 heteroatoms. The first-order chi connectivity index (χ1) is 20.6. The van der Waals surface area contributed by atoms with E-state index in [0.717, 1.165) is 12.8 Å². The molecule has 214 valence electrons. The third kappa shape index (κ3) is 7.39. The Morgan fingerprint density at radius 3 is 1.17 bits per heavy atom. The van der Waals surface area contributed by atoms with Crippen molar-refractivity contribution in [3.05, 3.63) is 144 Å². The summed E-state index contributed by atoms with van der Waals surface area (Å²) in [5, 5.41) is 4.17. The van der Waals surface area contributed by atoms with Gasteiger partial charge in [-0.1, -0.05) is 123 Å². The lowest BCUT2D eigenvalue weighted by Crippen LogP contribution is -2.21. The fraction of sp³-hybridized carbons (Fsp3) is 0.250. The van der Waals surface area contributed by atoms with Crippen molar-refractivity contribution in [1.82, 2.24) is 0 Å². The molecular formula is C40H44NP. The Morgan fingerprint density at radius 2 is 0.738 bits per heavy atom. The van der Waals surface area contributed by atoms with Crippen LogP contribution in [0.25, 0.3) is 0 Å². The molecule has 42 heavy (non-hydrogen) atoms. The van der Waals surface area contributed by atoms with Crippen LogP contribution in [0.1, 0.15) is 61.8 Å². The minimum atomic E-state index is -0.657. The van der Waals surface area contributed by atoms with E-state index >= 15 is 0 Å². The van der Waals surface area contributed by atoms with Crippen molar-refractivity contribution in [3.63, 3.8) is 0 Å². The molecule has 1 unspecified atom stereocenters. The topological polar surface area (TPSA) is 3.24 Å². The molecule has 0 heterocycles. The van der Waals surface area contributed by atoms with Gasteiger partial charge in [0.2, 0.25) is 0 Å². The van der Waals surface area contributed by atoms with Gasteiger partial charge in [-0.25, -0.2) is 0 Å². The molecule has 0 aliphatic heterocycles. The lowest BCUT2D eigenvalue weighted by molar-refractivity contribution is 0.795. The summed E-state index contributed by atoms with van der Waals surface area (Å²) in [5.74, 6) is 0. The number of benzene rings is 5. The molecule has 5 aromatic carbocycles. The molecule has 0 saturated carbocycles. The molecule has 0 spiro atoms. The Balaban J connectivity index is 1.51. The van der Waals surface area contributed by atoms with Gasteiger partial charge in [-0.3, -0.25) is 0 Å². The van der Waals surface area contributed by atoms with Crippen molar-refractivity contribution in [2.24, 2.45) is 0 Å². The number of hydrogen-bond acceptors (Lipinski definition) is 1. The van der Waals surface area contributed by atoms with E-state index in [0.29, 0.717) is 0 Å². The van der Waals surface area contributed by atoms with Crippen LogP contribution in [0.15, 0.2) is 121 Å². The Kier molecular flexibility index (Phi) is 10.3. The first-order valence-electron chi connectivity index (χ1n) is 15.6. The van der Waals surface area contributed by atoms with E-state index in [-0.39, 0.29) is 0 Å². The van der Waals surface area contributed by atoms with Gasteiger partial charge in [0.1, 0.15) is 0 Å². The molecule has 5 aromatic rings. The molecule has 1 atom stereocenters. The summed E-state index contributed by atoms with van der Waals surface area (Å²) in [4.78, 5) is 2.38. The third-order valence-electron chi connectivity index (χ3n) is 7.98. The molecular weight excluding hydrogens is 525 g/mol. The van der Waals surface area contributed by atoms with Gasteiger partial charge in [-0.15, -0.1) is 0 Å². The van der Waals surface area contributed by atoms with Crippen LogP contribution in [0, 0.1) is 13.8 Å². The van der Waals surface area contributed by atoms with E-state index in [1.54, 1.807) is 0 Å². The van der Waals surface area contributed by atoms with Gasteiger partial charge in [0, 0.05) is 17.1 Å². The van der Waals surface area contributed by atoms with E-state index in [1.165, 1.54) is 80.9 Å². The fourth-order valence-electron chi connectivity index (χ4n) is 5.42. The van der Waals surface area contributed by atoms with Crippen molar-refractivity contribution in [3.8, 4) is 0 Å². The van der Waals surface area contributed by atoms with Crippen LogP contribution >= 0.6 is 7.92 Å². The van der Waals surface area contributed by atoms with Gasteiger partial charge in [-0.05, 0) is 111 Å². The lowest BCUT2D eigenvalue weighted by atomic mass is 10.1. The zero-order valence-electron chi connectivity index (χ0n) is 25.7. The highest BCUT2D eigenvalue weighted by Gasteiger charge is 2.18. The van der Waals surface area contributed by atoms with Crippen LogP contribution in [0.3, 0.4) is 0 Å². The first kappa shape index (κ1) is 29.8. The molecule has 0 aromatic heterocycles. The molecule has 1 nitrogen and oxygen atoms in total. The second-order valence-corrected chi connectivity index (χ2v) is 13.6. The molecule has 0 amide bonds. The highest BCUT2D eigenvalue weighted by molar-refractivity contribution is 7.79. The summed E-state index contributed by atoms with van der Waals surface area (Å²) in [6, 6.07) is 45.8. The zero-order valence-corrected chi connectivity index (χ0v) is 26.6. The Morgan fingerprint density at radius 1 is 0.429 bits per heavy atom. The maximum atomic E-state index is 2.38. The minimum Gasteiger partial charge on any atom is -0.311 e. The van der Waals surface area contributed by atoms with Crippen LogP contribution < -0.4 is 20.8 Å². The van der Waals surface area contributed by atoms with Gasteiger partial charge in [0.25, 0.3) is 0 Å². The molecule has 0 saturated heterocycles. The van der Waals surface area contributed by atoms with Crippen LogP contribution in [0.4, 0.5) is 17.1 Å². The summed E-state index contributed by atoms with van der Waals surface area (Å²) in [6.07, 6.45) is 7.21. The summed E-state index contributed by atoms with van der Waals surface area (Å²) >= 11 is 0. The van der Waals surface area contributed by atoms with Crippen LogP contribution in [-0.2, 0) is 12.8 Å². The summed E-state index contributed by atoms with van der Waals surface area (Å²) in [5.41, 5.74) is 8.96. The molecule has 0 fully saturated rings. The smallest absolute Gasteiger partial charge is 0.0462 e. The number of hydrogen-bond donors (Lipinski definition) is 0. The van der Waals surface area contributed by atoms with E-state index in [9.17, 15) is 0 Å². The summed E-state index contributed by atoms with van der Waals surface area (Å²) in [6.45, 7) is 8.83. The molecule has 5 rings (SSSR count). The largest absolute Gasteiger partial charge is 0.311 e. The predicted octanol–water partition coefficient (Wildman–Crippen LogP) is 10.2. The molecule has 0 N–H and O–H groups in total. The second kappa shape index (κ2) is 14.5. The maximum Gasteiger partial charge on any atom is 0.0462 e. The number of aryl methyl sites for hydroxylation is 4. The van der Waals surface area contributed by atoms with Gasteiger partial charge in [0.05, 0.1) is 0 Å². The van der Waals surface area contributed by atoms with Crippen LogP contribution in [-0.4, -0.2) is 0 Å². The Labute approximate surface area is 255 Å². The number of unbranched alkanes of at least 4 members (excludes halogenated alkanes) is 2. The van der Waals surface area contributed by atoms with Crippen molar-refractivity contribution in [2.75, 3.05) is 4.90 Å². The van der Waals surface area contributed by atoms with Gasteiger partial charge < -0.3 is 4.90 Å². The molecule has 0 bridgehead atoms. The summed E-state index contributed by atoms with van der Waals surface area (Å²) in [7, 11) is -0.657. The standard InChI is InChI=1S/C40H44NP/c1-5-7-9-33-15-21-36(22-16-33)41(35-19-11-31(3)12-20-35)37-23-29-40(30-24-37)42(38-25-13-32(4)14-26-38)39-27-17-34(18-28-39)10-8-6-2/h11-30H,5-10H2,1-4H3. The average Bonchev–Trinajstić information content (AvgIpc) is 3.03. The second-order valence-electron chi connectivity index (χ2n) is 11.4. The minimum absolute atomic E-state index is 0.657. The number of rotatable bonds is 12. The van der Waals surface area contributed by atoms with E-state index in [4.69, 9.17) is 0 Å². The van der Waals surface area contributed by atoms with Crippen molar-refractivity contribution >= 4 is 40.9 Å². The normalized spacial score (nSPS) is 11.8.